The Bertz CT molecular complexity index is 967. The number of fused-ring (bicyclic) bond motifs is 1. The molecule has 1 unspecified atom stereocenters. The van der Waals surface area contributed by atoms with E-state index >= 15 is 0 Å². The fraction of sp³-hybridized carbons (Fsp3) is 0.400. The van der Waals surface area contributed by atoms with E-state index in [1.165, 1.54) is 7.11 Å². The van der Waals surface area contributed by atoms with Gasteiger partial charge in [0.05, 0.1) is 19.1 Å². The van der Waals surface area contributed by atoms with Crippen LogP contribution in [0.2, 0.25) is 0 Å². The van der Waals surface area contributed by atoms with Crippen molar-refractivity contribution in [3.05, 3.63) is 59.2 Å². The highest BCUT2D eigenvalue weighted by atomic mass is 16.7. The minimum atomic E-state index is -0.456. The number of aryl methyl sites for hydroxylation is 1. The van der Waals surface area contributed by atoms with Gasteiger partial charge in [-0.2, -0.15) is 0 Å². The SMILES string of the molecule is C=C(C)CCc1cc2c(cc1OC)OC(c1ccc(OCOC)c(OCOC)c1)CC2=O. The third-order valence-corrected chi connectivity index (χ3v) is 5.15. The van der Waals surface area contributed by atoms with E-state index in [1.807, 2.05) is 19.1 Å². The van der Waals surface area contributed by atoms with Crippen molar-refractivity contribution in [2.75, 3.05) is 34.9 Å². The lowest BCUT2D eigenvalue weighted by Gasteiger charge is -2.27. The predicted octanol–water partition coefficient (Wildman–Crippen LogP) is 4.88. The first-order valence-corrected chi connectivity index (χ1v) is 10.4. The third-order valence-electron chi connectivity index (χ3n) is 5.15. The largest absolute Gasteiger partial charge is 0.496 e. The number of rotatable bonds is 11. The van der Waals surface area contributed by atoms with Gasteiger partial charge in [-0.3, -0.25) is 4.79 Å². The number of carbonyl (C=O) groups is 1. The smallest absolute Gasteiger partial charge is 0.188 e. The van der Waals surface area contributed by atoms with Gasteiger partial charge < -0.3 is 28.4 Å². The molecule has 3 rings (SSSR count). The summed E-state index contributed by atoms with van der Waals surface area (Å²) in [4.78, 5) is 13.0. The fourth-order valence-corrected chi connectivity index (χ4v) is 3.52. The number of benzene rings is 2. The number of carbonyl (C=O) groups excluding carboxylic acids is 1. The average molecular weight is 443 g/mol. The van der Waals surface area contributed by atoms with Gasteiger partial charge in [-0.05, 0) is 49.1 Å². The molecular weight excluding hydrogens is 412 g/mol. The van der Waals surface area contributed by atoms with Gasteiger partial charge in [0.1, 0.15) is 17.6 Å². The van der Waals surface area contributed by atoms with Gasteiger partial charge >= 0.3 is 0 Å². The zero-order valence-corrected chi connectivity index (χ0v) is 19.1. The molecule has 7 nitrogen and oxygen atoms in total. The van der Waals surface area contributed by atoms with Crippen molar-refractivity contribution in [2.45, 2.75) is 32.3 Å². The van der Waals surface area contributed by atoms with Crippen LogP contribution in [0, 0.1) is 0 Å². The number of methoxy groups -OCH3 is 3. The van der Waals surface area contributed by atoms with Crippen LogP contribution in [0.25, 0.3) is 0 Å². The van der Waals surface area contributed by atoms with E-state index < -0.39 is 6.10 Å². The summed E-state index contributed by atoms with van der Waals surface area (Å²) in [5.41, 5.74) is 3.43. The molecule has 0 amide bonds. The summed E-state index contributed by atoms with van der Waals surface area (Å²) in [5.74, 6) is 2.23. The van der Waals surface area contributed by atoms with Crippen molar-refractivity contribution in [3.63, 3.8) is 0 Å². The molecule has 0 aliphatic carbocycles. The van der Waals surface area contributed by atoms with Crippen LogP contribution in [0.1, 0.15) is 47.4 Å². The van der Waals surface area contributed by atoms with Gasteiger partial charge in [0, 0.05) is 20.3 Å². The summed E-state index contributed by atoms with van der Waals surface area (Å²) in [7, 11) is 4.70. The lowest BCUT2D eigenvalue weighted by atomic mass is 9.93. The predicted molar refractivity (Wildman–Crippen MR) is 120 cm³/mol. The van der Waals surface area contributed by atoms with Gasteiger partial charge in [0.2, 0.25) is 0 Å². The second kappa shape index (κ2) is 11.0. The van der Waals surface area contributed by atoms with E-state index in [0.29, 0.717) is 28.6 Å². The first kappa shape index (κ1) is 23.6. The molecule has 2 aromatic rings. The van der Waals surface area contributed by atoms with Crippen molar-refractivity contribution in [3.8, 4) is 23.0 Å². The molecule has 1 aliphatic rings. The molecule has 0 saturated heterocycles. The molecule has 1 heterocycles. The summed E-state index contributed by atoms with van der Waals surface area (Å²) < 4.78 is 33.0. The second-order valence-electron chi connectivity index (χ2n) is 7.66. The molecule has 1 atom stereocenters. The van der Waals surface area contributed by atoms with Crippen LogP contribution >= 0.6 is 0 Å². The maximum absolute atomic E-state index is 13.0. The molecule has 0 bridgehead atoms. The number of ketones is 1. The van der Waals surface area contributed by atoms with E-state index in [4.69, 9.17) is 28.4 Å². The second-order valence-corrected chi connectivity index (χ2v) is 7.66. The molecular formula is C25H30O7. The Labute approximate surface area is 188 Å². The molecule has 0 radical (unpaired) electrons. The van der Waals surface area contributed by atoms with Crippen LogP contribution in [0.3, 0.4) is 0 Å². The molecule has 1 aliphatic heterocycles. The Balaban J connectivity index is 1.88. The van der Waals surface area contributed by atoms with Gasteiger partial charge in [-0.1, -0.05) is 11.6 Å². The van der Waals surface area contributed by atoms with Crippen molar-refractivity contribution < 1.29 is 33.2 Å². The zero-order valence-electron chi connectivity index (χ0n) is 19.1. The summed E-state index contributed by atoms with van der Waals surface area (Å²) >= 11 is 0. The number of Topliss-reactive ketones (excluding diaryl/α,β-unsaturated/α-hetero) is 1. The monoisotopic (exact) mass is 442 g/mol. The third kappa shape index (κ3) is 5.60. The van der Waals surface area contributed by atoms with Gasteiger partial charge in [0.15, 0.2) is 30.9 Å². The number of hydrogen-bond donors (Lipinski definition) is 0. The lowest BCUT2D eigenvalue weighted by Crippen LogP contribution is -2.21. The fourth-order valence-electron chi connectivity index (χ4n) is 3.52. The molecule has 0 fully saturated rings. The molecule has 0 saturated carbocycles. The zero-order chi connectivity index (χ0) is 23.1. The van der Waals surface area contributed by atoms with Crippen LogP contribution in [-0.2, 0) is 15.9 Å². The van der Waals surface area contributed by atoms with E-state index in [1.54, 1.807) is 32.4 Å². The van der Waals surface area contributed by atoms with Crippen LogP contribution in [0.15, 0.2) is 42.5 Å². The maximum Gasteiger partial charge on any atom is 0.188 e. The number of allylic oxidation sites excluding steroid dienone is 1. The quantitative estimate of drug-likeness (QED) is 0.363. The molecule has 0 N–H and O–H groups in total. The molecule has 2 aromatic carbocycles. The Morgan fingerprint density at radius 2 is 1.75 bits per heavy atom. The lowest BCUT2D eigenvalue weighted by molar-refractivity contribution is 0.0320. The van der Waals surface area contributed by atoms with Crippen LogP contribution in [-0.4, -0.2) is 40.7 Å². The van der Waals surface area contributed by atoms with Crippen molar-refractivity contribution in [1.82, 2.24) is 0 Å². The molecule has 7 heteroatoms. The summed E-state index contributed by atoms with van der Waals surface area (Å²) in [6.45, 7) is 6.08. The van der Waals surface area contributed by atoms with Gasteiger partial charge in [-0.25, -0.2) is 0 Å². The highest BCUT2D eigenvalue weighted by Gasteiger charge is 2.30. The van der Waals surface area contributed by atoms with Crippen molar-refractivity contribution in [2.24, 2.45) is 0 Å². The Morgan fingerprint density at radius 1 is 1.03 bits per heavy atom. The van der Waals surface area contributed by atoms with Gasteiger partial charge in [-0.15, -0.1) is 6.58 Å². The maximum atomic E-state index is 13.0. The van der Waals surface area contributed by atoms with E-state index in [2.05, 4.69) is 6.58 Å². The average Bonchev–Trinajstić information content (AvgIpc) is 2.79. The van der Waals surface area contributed by atoms with E-state index in [9.17, 15) is 4.79 Å². The topological polar surface area (TPSA) is 72.5 Å². The van der Waals surface area contributed by atoms with Gasteiger partial charge in [0.25, 0.3) is 0 Å². The van der Waals surface area contributed by atoms with Crippen molar-refractivity contribution in [1.29, 1.82) is 0 Å². The van der Waals surface area contributed by atoms with E-state index in [-0.39, 0.29) is 25.8 Å². The van der Waals surface area contributed by atoms with Crippen LogP contribution in [0.4, 0.5) is 0 Å². The number of ether oxygens (including phenoxy) is 6. The summed E-state index contributed by atoms with van der Waals surface area (Å²) in [6, 6.07) is 9.09. The highest BCUT2D eigenvalue weighted by Crippen LogP contribution is 2.41. The molecule has 0 spiro atoms. The minimum Gasteiger partial charge on any atom is -0.496 e. The summed E-state index contributed by atoms with van der Waals surface area (Å²) in [6.07, 6.45) is 1.35. The number of hydrogen-bond acceptors (Lipinski definition) is 7. The standard InChI is InChI=1S/C25H30O7/c1-16(2)6-7-17-10-19-20(26)12-23(32-24(19)13-22(17)29-5)18-8-9-21(30-14-27-3)25(11-18)31-15-28-4/h8-11,13,23H,1,6-7,12,14-15H2,2-5H3. The summed E-state index contributed by atoms with van der Waals surface area (Å²) in [5, 5.41) is 0. The molecule has 172 valence electrons. The van der Waals surface area contributed by atoms with Crippen LogP contribution in [0.5, 0.6) is 23.0 Å². The van der Waals surface area contributed by atoms with Crippen LogP contribution < -0.4 is 18.9 Å². The minimum absolute atomic E-state index is 0.0227. The Morgan fingerprint density at radius 3 is 2.41 bits per heavy atom. The highest BCUT2D eigenvalue weighted by molar-refractivity contribution is 6.00. The Kier molecular flexibility index (Phi) is 8.14. The molecule has 0 aromatic heterocycles. The first-order valence-electron chi connectivity index (χ1n) is 10.4. The normalized spacial score (nSPS) is 15.0. The Hall–Kier alpha value is -3.03. The molecule has 32 heavy (non-hydrogen) atoms. The van der Waals surface area contributed by atoms with Crippen molar-refractivity contribution >= 4 is 5.78 Å². The first-order chi connectivity index (χ1) is 15.5. The van der Waals surface area contributed by atoms with E-state index in [0.717, 1.165) is 29.5 Å².